The van der Waals surface area contributed by atoms with Gasteiger partial charge in [0.2, 0.25) is 25.0 Å². The lowest BCUT2D eigenvalue weighted by atomic mass is 10.2. The summed E-state index contributed by atoms with van der Waals surface area (Å²) in [6.45, 7) is 0. The van der Waals surface area contributed by atoms with Gasteiger partial charge in [-0.25, -0.2) is 26.1 Å². The van der Waals surface area contributed by atoms with Crippen LogP contribution in [0.4, 0.5) is 0 Å². The summed E-state index contributed by atoms with van der Waals surface area (Å²) in [5, 5.41) is -0.318. The topological polar surface area (TPSA) is 147 Å². The van der Waals surface area contributed by atoms with Crippen molar-refractivity contribution in [3.63, 3.8) is 0 Å². The summed E-state index contributed by atoms with van der Waals surface area (Å²) in [5.74, 6) is -1.61. The molecule has 0 unspecified atom stereocenters. The van der Waals surface area contributed by atoms with Gasteiger partial charge in [-0.1, -0.05) is 12.1 Å². The van der Waals surface area contributed by atoms with Crippen LogP contribution in [0.5, 0.6) is 0 Å². The second-order valence-electron chi connectivity index (χ2n) is 6.69. The predicted molar refractivity (Wildman–Crippen MR) is 111 cm³/mol. The van der Waals surface area contributed by atoms with E-state index >= 15 is 0 Å². The molecule has 2 heterocycles. The molecule has 11 nitrogen and oxygen atoms in total. The first-order valence-corrected chi connectivity index (χ1v) is 12.1. The summed E-state index contributed by atoms with van der Waals surface area (Å²) in [6.07, 6.45) is 2.41. The highest BCUT2D eigenvalue weighted by Crippen LogP contribution is 2.17. The first-order chi connectivity index (χ1) is 14.4. The van der Waals surface area contributed by atoms with Crippen LogP contribution in [0.15, 0.2) is 58.7 Å². The largest absolute Gasteiger partial charge is 0.290 e. The Morgan fingerprint density at radius 2 is 1.65 bits per heavy atom. The Morgan fingerprint density at radius 3 is 2.29 bits per heavy atom. The van der Waals surface area contributed by atoms with Crippen molar-refractivity contribution in [1.82, 2.24) is 24.5 Å². The van der Waals surface area contributed by atoms with Crippen molar-refractivity contribution in [1.29, 1.82) is 0 Å². The van der Waals surface area contributed by atoms with E-state index in [0.29, 0.717) is 0 Å². The summed E-state index contributed by atoms with van der Waals surface area (Å²) >= 11 is 0. The molecule has 1 aromatic carbocycles. The van der Waals surface area contributed by atoms with E-state index in [4.69, 9.17) is 0 Å². The SMILES string of the molecule is CN(C)S(=O)(=O)c1cccc(C(=O)NNC(=O)c2nc(S(C)(=O)=O)n3ccccc23)c1. The van der Waals surface area contributed by atoms with Gasteiger partial charge in [0.05, 0.1) is 10.4 Å². The maximum Gasteiger partial charge on any atom is 0.290 e. The molecule has 0 aliphatic carbocycles. The van der Waals surface area contributed by atoms with E-state index in [1.807, 2.05) is 0 Å². The molecule has 0 spiro atoms. The van der Waals surface area contributed by atoms with Crippen LogP contribution in [-0.4, -0.2) is 62.7 Å². The standard InChI is InChI=1S/C18H19N5O6S2/c1-22(2)31(28,29)13-8-6-7-12(11-13)16(24)20-21-17(25)15-14-9-4-5-10-23(14)18(19-15)30(3,26)27/h4-11H,1-3H3,(H,20,24)(H,21,25). The van der Waals surface area contributed by atoms with Crippen LogP contribution in [0, 0.1) is 0 Å². The Labute approximate surface area is 178 Å². The van der Waals surface area contributed by atoms with Gasteiger partial charge in [0.15, 0.2) is 5.69 Å². The second kappa shape index (κ2) is 8.09. The van der Waals surface area contributed by atoms with Crippen molar-refractivity contribution in [2.75, 3.05) is 20.4 Å². The molecule has 0 bridgehead atoms. The fourth-order valence-corrected chi connectivity index (χ4v) is 4.41. The molecule has 0 atom stereocenters. The Hall–Kier alpha value is -3.29. The Balaban J connectivity index is 1.83. The van der Waals surface area contributed by atoms with Crippen molar-refractivity contribution in [3.05, 3.63) is 59.9 Å². The van der Waals surface area contributed by atoms with Gasteiger partial charge < -0.3 is 0 Å². The summed E-state index contributed by atoms with van der Waals surface area (Å²) in [7, 11) is -4.74. The summed E-state index contributed by atoms with van der Waals surface area (Å²) in [6, 6.07) is 9.99. The lowest BCUT2D eigenvalue weighted by Gasteiger charge is -2.12. The van der Waals surface area contributed by atoms with Gasteiger partial charge in [0, 0.05) is 32.1 Å². The van der Waals surface area contributed by atoms with Crippen LogP contribution < -0.4 is 10.9 Å². The van der Waals surface area contributed by atoms with Crippen LogP contribution >= 0.6 is 0 Å². The molecule has 3 aromatic rings. The van der Waals surface area contributed by atoms with Gasteiger partial charge >= 0.3 is 0 Å². The Bertz CT molecular complexity index is 1390. The van der Waals surface area contributed by atoms with Crippen molar-refractivity contribution >= 4 is 37.2 Å². The third-order valence-electron chi connectivity index (χ3n) is 4.23. The number of hydrogen-bond acceptors (Lipinski definition) is 7. The van der Waals surface area contributed by atoms with Gasteiger partial charge in [-0.15, -0.1) is 0 Å². The zero-order valence-corrected chi connectivity index (χ0v) is 18.4. The number of carbonyl (C=O) groups excluding carboxylic acids is 2. The lowest BCUT2D eigenvalue weighted by Crippen LogP contribution is -2.42. The van der Waals surface area contributed by atoms with Crippen LogP contribution in [0.25, 0.3) is 5.52 Å². The molecule has 13 heteroatoms. The number of fused-ring (bicyclic) bond motifs is 1. The van der Waals surface area contributed by atoms with E-state index < -0.39 is 31.7 Å². The first kappa shape index (κ1) is 22.4. The molecule has 2 aromatic heterocycles. The highest BCUT2D eigenvalue weighted by molar-refractivity contribution is 7.90. The van der Waals surface area contributed by atoms with E-state index in [2.05, 4.69) is 15.8 Å². The molecule has 0 aliphatic rings. The van der Waals surface area contributed by atoms with Crippen LogP contribution in [0.1, 0.15) is 20.8 Å². The molecule has 3 rings (SSSR count). The Kier molecular flexibility index (Phi) is 5.85. The number of imidazole rings is 1. The normalized spacial score (nSPS) is 12.1. The van der Waals surface area contributed by atoms with Crippen LogP contribution in [0.3, 0.4) is 0 Å². The lowest BCUT2D eigenvalue weighted by molar-refractivity contribution is 0.0845. The molecule has 0 radical (unpaired) electrons. The zero-order valence-electron chi connectivity index (χ0n) is 16.7. The molecule has 0 saturated carbocycles. The maximum atomic E-state index is 12.6. The van der Waals surface area contributed by atoms with Crippen LogP contribution in [0.2, 0.25) is 0 Å². The van der Waals surface area contributed by atoms with E-state index in [0.717, 1.165) is 10.6 Å². The quantitative estimate of drug-likeness (QED) is 0.507. The van der Waals surface area contributed by atoms with Crippen molar-refractivity contribution in [3.8, 4) is 0 Å². The monoisotopic (exact) mass is 465 g/mol. The average molecular weight is 466 g/mol. The highest BCUT2D eigenvalue weighted by atomic mass is 32.2. The Morgan fingerprint density at radius 1 is 0.968 bits per heavy atom. The van der Waals surface area contributed by atoms with Crippen molar-refractivity contribution in [2.24, 2.45) is 0 Å². The van der Waals surface area contributed by atoms with Gasteiger partial charge in [0.25, 0.3) is 11.8 Å². The molecule has 0 saturated heterocycles. The molecule has 164 valence electrons. The van der Waals surface area contributed by atoms with Crippen molar-refractivity contribution < 1.29 is 26.4 Å². The second-order valence-corrected chi connectivity index (χ2v) is 10.8. The minimum absolute atomic E-state index is 0.00486. The van der Waals surface area contributed by atoms with Gasteiger partial charge in [-0.3, -0.25) is 24.8 Å². The fraction of sp³-hybridized carbons (Fsp3) is 0.167. The third-order valence-corrected chi connectivity index (χ3v) is 6.99. The summed E-state index contributed by atoms with van der Waals surface area (Å²) in [5.41, 5.74) is 4.36. The molecule has 31 heavy (non-hydrogen) atoms. The van der Waals surface area contributed by atoms with E-state index in [9.17, 15) is 26.4 Å². The number of sulfonamides is 1. The number of pyridine rings is 1. The predicted octanol–water partition coefficient (Wildman–Crippen LogP) is 0.0629. The summed E-state index contributed by atoms with van der Waals surface area (Å²) < 4.78 is 50.6. The summed E-state index contributed by atoms with van der Waals surface area (Å²) in [4.78, 5) is 28.8. The first-order valence-electron chi connectivity index (χ1n) is 8.73. The maximum absolute atomic E-state index is 12.6. The minimum Gasteiger partial charge on any atom is -0.290 e. The van der Waals surface area contributed by atoms with Crippen molar-refractivity contribution in [2.45, 2.75) is 10.1 Å². The number of amides is 2. The molecule has 0 fully saturated rings. The minimum atomic E-state index is -3.75. The van der Waals surface area contributed by atoms with Gasteiger partial charge in [0.1, 0.15) is 0 Å². The van der Waals surface area contributed by atoms with Gasteiger partial charge in [-0.2, -0.15) is 0 Å². The zero-order chi connectivity index (χ0) is 23.0. The number of sulfone groups is 1. The average Bonchev–Trinajstić information content (AvgIpc) is 3.12. The number of nitrogens with zero attached hydrogens (tertiary/aromatic N) is 3. The number of aromatic nitrogens is 2. The number of benzene rings is 1. The number of hydrogen-bond donors (Lipinski definition) is 2. The van der Waals surface area contributed by atoms with Crippen LogP contribution in [-0.2, 0) is 19.9 Å². The smallest absolute Gasteiger partial charge is 0.290 e. The fourth-order valence-electron chi connectivity index (χ4n) is 2.69. The molecule has 2 amide bonds. The number of hydrazine groups is 1. The molecular formula is C18H19N5O6S2. The number of nitrogens with one attached hydrogen (secondary N) is 2. The van der Waals surface area contributed by atoms with Gasteiger partial charge in [-0.05, 0) is 30.3 Å². The highest BCUT2D eigenvalue weighted by Gasteiger charge is 2.23. The number of carbonyl (C=O) groups is 2. The van der Waals surface area contributed by atoms with E-state index in [1.165, 1.54) is 55.0 Å². The third kappa shape index (κ3) is 4.42. The van der Waals surface area contributed by atoms with E-state index in [1.54, 1.807) is 12.1 Å². The molecular weight excluding hydrogens is 446 g/mol. The molecule has 2 N–H and O–H groups in total. The van der Waals surface area contributed by atoms with E-state index in [-0.39, 0.29) is 26.8 Å². The molecule has 0 aliphatic heterocycles. The number of rotatable bonds is 5.